The SMILES string of the molecule is CC1(C)NC(C(=O)O)CO1. The first-order chi connectivity index (χ1) is 4.51. The summed E-state index contributed by atoms with van der Waals surface area (Å²) in [6, 6.07) is -0.546. The Morgan fingerprint density at radius 3 is 2.60 bits per heavy atom. The van der Waals surface area contributed by atoms with E-state index in [0.29, 0.717) is 0 Å². The first-order valence-corrected chi connectivity index (χ1v) is 3.16. The quantitative estimate of drug-likeness (QED) is 0.536. The standard InChI is InChI=1S/C6H11NO3/c1-6(2)7-4(3-10-6)5(8)9/h4,7H,3H2,1-2H3,(H,8,9). The van der Waals surface area contributed by atoms with Gasteiger partial charge in [-0.2, -0.15) is 0 Å². The Balaban J connectivity index is 2.51. The highest BCUT2D eigenvalue weighted by atomic mass is 16.5. The van der Waals surface area contributed by atoms with Crippen molar-refractivity contribution in [1.82, 2.24) is 5.32 Å². The van der Waals surface area contributed by atoms with E-state index < -0.39 is 17.7 Å². The van der Waals surface area contributed by atoms with Gasteiger partial charge in [-0.25, -0.2) is 0 Å². The van der Waals surface area contributed by atoms with Crippen LogP contribution in [0.4, 0.5) is 0 Å². The molecule has 0 aliphatic carbocycles. The van der Waals surface area contributed by atoms with Crippen molar-refractivity contribution in [2.45, 2.75) is 25.6 Å². The van der Waals surface area contributed by atoms with Crippen molar-refractivity contribution in [2.75, 3.05) is 6.61 Å². The fourth-order valence-electron chi connectivity index (χ4n) is 0.928. The number of ether oxygens (including phenoxy) is 1. The van der Waals surface area contributed by atoms with Gasteiger partial charge in [0.1, 0.15) is 11.8 Å². The predicted octanol–water partition coefficient (Wildman–Crippen LogP) is -0.205. The minimum atomic E-state index is -0.856. The molecule has 0 amide bonds. The van der Waals surface area contributed by atoms with Crippen molar-refractivity contribution in [2.24, 2.45) is 0 Å². The molecule has 0 aromatic heterocycles. The molecule has 0 saturated carbocycles. The van der Waals surface area contributed by atoms with E-state index >= 15 is 0 Å². The molecule has 58 valence electrons. The van der Waals surface area contributed by atoms with Crippen molar-refractivity contribution < 1.29 is 14.6 Å². The van der Waals surface area contributed by atoms with Crippen LogP contribution in [0.25, 0.3) is 0 Å². The van der Waals surface area contributed by atoms with Crippen LogP contribution in [0.2, 0.25) is 0 Å². The molecule has 1 heterocycles. The van der Waals surface area contributed by atoms with Crippen LogP contribution in [0, 0.1) is 0 Å². The van der Waals surface area contributed by atoms with E-state index in [4.69, 9.17) is 9.84 Å². The maximum Gasteiger partial charge on any atom is 0.323 e. The smallest absolute Gasteiger partial charge is 0.323 e. The summed E-state index contributed by atoms with van der Waals surface area (Å²) >= 11 is 0. The lowest BCUT2D eigenvalue weighted by molar-refractivity contribution is -0.139. The zero-order valence-corrected chi connectivity index (χ0v) is 6.05. The second-order valence-electron chi connectivity index (χ2n) is 2.86. The van der Waals surface area contributed by atoms with Gasteiger partial charge in [0.25, 0.3) is 0 Å². The molecule has 10 heavy (non-hydrogen) atoms. The van der Waals surface area contributed by atoms with Crippen LogP contribution in [-0.4, -0.2) is 29.4 Å². The minimum Gasteiger partial charge on any atom is -0.480 e. The summed E-state index contributed by atoms with van der Waals surface area (Å²) in [5.74, 6) is -0.856. The van der Waals surface area contributed by atoms with Crippen molar-refractivity contribution in [1.29, 1.82) is 0 Å². The molecular weight excluding hydrogens is 134 g/mol. The average molecular weight is 145 g/mol. The molecule has 4 heteroatoms. The zero-order valence-electron chi connectivity index (χ0n) is 6.05. The topological polar surface area (TPSA) is 58.6 Å². The predicted molar refractivity (Wildman–Crippen MR) is 34.6 cm³/mol. The lowest BCUT2D eigenvalue weighted by Crippen LogP contribution is -2.42. The molecule has 0 aromatic carbocycles. The number of carboxylic acids is 1. The molecule has 4 nitrogen and oxygen atoms in total. The van der Waals surface area contributed by atoms with E-state index in [1.165, 1.54) is 0 Å². The molecule has 0 spiro atoms. The van der Waals surface area contributed by atoms with E-state index in [1.807, 2.05) is 0 Å². The maximum absolute atomic E-state index is 10.3. The van der Waals surface area contributed by atoms with Crippen LogP contribution < -0.4 is 5.32 Å². The van der Waals surface area contributed by atoms with Crippen LogP contribution >= 0.6 is 0 Å². The summed E-state index contributed by atoms with van der Waals surface area (Å²) in [5, 5.41) is 11.3. The van der Waals surface area contributed by atoms with E-state index in [1.54, 1.807) is 13.8 Å². The van der Waals surface area contributed by atoms with Gasteiger partial charge >= 0.3 is 5.97 Å². The highest BCUT2D eigenvalue weighted by Gasteiger charge is 2.34. The summed E-state index contributed by atoms with van der Waals surface area (Å²) in [5.41, 5.74) is -0.483. The van der Waals surface area contributed by atoms with Gasteiger partial charge < -0.3 is 9.84 Å². The van der Waals surface area contributed by atoms with Gasteiger partial charge in [0, 0.05) is 0 Å². The first kappa shape index (κ1) is 7.50. The number of rotatable bonds is 1. The van der Waals surface area contributed by atoms with Crippen molar-refractivity contribution in [3.63, 3.8) is 0 Å². The molecule has 0 aromatic rings. The molecular formula is C6H11NO3. The molecule has 1 aliphatic rings. The fourth-order valence-corrected chi connectivity index (χ4v) is 0.928. The Labute approximate surface area is 59.2 Å². The Morgan fingerprint density at radius 2 is 2.40 bits per heavy atom. The van der Waals surface area contributed by atoms with Crippen molar-refractivity contribution in [3.05, 3.63) is 0 Å². The van der Waals surface area contributed by atoms with Crippen molar-refractivity contribution in [3.8, 4) is 0 Å². The van der Waals surface area contributed by atoms with Crippen LogP contribution in [0.5, 0.6) is 0 Å². The Morgan fingerprint density at radius 1 is 1.80 bits per heavy atom. The number of aliphatic carboxylic acids is 1. The van der Waals surface area contributed by atoms with E-state index in [-0.39, 0.29) is 6.61 Å². The van der Waals surface area contributed by atoms with Crippen LogP contribution in [0.1, 0.15) is 13.8 Å². The fraction of sp³-hybridized carbons (Fsp3) is 0.833. The maximum atomic E-state index is 10.3. The van der Waals surface area contributed by atoms with E-state index in [0.717, 1.165) is 0 Å². The van der Waals surface area contributed by atoms with Crippen LogP contribution in [0.3, 0.4) is 0 Å². The third kappa shape index (κ3) is 1.46. The Hall–Kier alpha value is -0.610. The number of hydrogen-bond donors (Lipinski definition) is 2. The third-order valence-electron chi connectivity index (χ3n) is 1.43. The second kappa shape index (κ2) is 2.21. The highest BCUT2D eigenvalue weighted by molar-refractivity contribution is 5.74. The van der Waals surface area contributed by atoms with Gasteiger partial charge in [0.15, 0.2) is 0 Å². The third-order valence-corrected chi connectivity index (χ3v) is 1.43. The number of carbonyl (C=O) groups is 1. The summed E-state index contributed by atoms with van der Waals surface area (Å²) in [6.07, 6.45) is 0. The summed E-state index contributed by atoms with van der Waals surface area (Å²) in [6.45, 7) is 3.86. The molecule has 1 fully saturated rings. The zero-order chi connectivity index (χ0) is 7.78. The van der Waals surface area contributed by atoms with E-state index in [9.17, 15) is 4.79 Å². The summed E-state index contributed by atoms with van der Waals surface area (Å²) in [7, 11) is 0. The van der Waals surface area contributed by atoms with Gasteiger partial charge in [-0.1, -0.05) is 0 Å². The monoisotopic (exact) mass is 145 g/mol. The Bertz CT molecular complexity index is 155. The molecule has 1 saturated heterocycles. The molecule has 2 N–H and O–H groups in total. The lowest BCUT2D eigenvalue weighted by atomic mass is 10.3. The van der Waals surface area contributed by atoms with Gasteiger partial charge in [-0.15, -0.1) is 0 Å². The van der Waals surface area contributed by atoms with Gasteiger partial charge in [0.05, 0.1) is 6.61 Å². The van der Waals surface area contributed by atoms with Crippen molar-refractivity contribution >= 4 is 5.97 Å². The number of nitrogens with one attached hydrogen (secondary N) is 1. The molecule has 0 radical (unpaired) electrons. The first-order valence-electron chi connectivity index (χ1n) is 3.16. The second-order valence-corrected chi connectivity index (χ2v) is 2.86. The Kier molecular flexibility index (Phi) is 1.66. The van der Waals surface area contributed by atoms with Gasteiger partial charge in [-0.05, 0) is 13.8 Å². The molecule has 1 rings (SSSR count). The van der Waals surface area contributed by atoms with Gasteiger partial charge in [0.2, 0.25) is 0 Å². The minimum absolute atomic E-state index is 0.252. The lowest BCUT2D eigenvalue weighted by Gasteiger charge is -2.16. The van der Waals surface area contributed by atoms with E-state index in [2.05, 4.69) is 5.32 Å². The summed E-state index contributed by atoms with van der Waals surface area (Å²) in [4.78, 5) is 10.3. The molecule has 1 aliphatic heterocycles. The number of hydrogen-bond acceptors (Lipinski definition) is 3. The average Bonchev–Trinajstić information content (AvgIpc) is 2.10. The summed E-state index contributed by atoms with van der Waals surface area (Å²) < 4.78 is 5.12. The normalized spacial score (nSPS) is 30.4. The van der Waals surface area contributed by atoms with Gasteiger partial charge in [-0.3, -0.25) is 10.1 Å². The largest absolute Gasteiger partial charge is 0.480 e. The number of carboxylic acid groups (broad SMARTS) is 1. The van der Waals surface area contributed by atoms with Crippen LogP contribution in [-0.2, 0) is 9.53 Å². The molecule has 1 atom stereocenters. The molecule has 1 unspecified atom stereocenters. The highest BCUT2D eigenvalue weighted by Crippen LogP contribution is 2.13. The van der Waals surface area contributed by atoms with Crippen LogP contribution in [0.15, 0.2) is 0 Å². The molecule has 0 bridgehead atoms.